The number of anilines is 1. The number of carbonyl (C=O) groups is 1. The summed E-state index contributed by atoms with van der Waals surface area (Å²) in [6.07, 6.45) is 2.77. The van der Waals surface area contributed by atoms with Gasteiger partial charge in [-0.15, -0.1) is 5.10 Å². The molecule has 0 saturated carbocycles. The molecule has 0 aromatic carbocycles. The number of hydrogen-bond acceptors (Lipinski definition) is 4. The second-order valence-electron chi connectivity index (χ2n) is 4.82. The number of nitrogens with zero attached hydrogens (tertiary/aromatic N) is 4. The van der Waals surface area contributed by atoms with Gasteiger partial charge in [-0.2, -0.15) is 5.10 Å². The summed E-state index contributed by atoms with van der Waals surface area (Å²) in [7, 11) is 0. The molecule has 1 aromatic heterocycles. The van der Waals surface area contributed by atoms with E-state index in [9.17, 15) is 4.79 Å². The van der Waals surface area contributed by atoms with Gasteiger partial charge in [0.1, 0.15) is 0 Å². The average molecular weight is 248 g/mol. The van der Waals surface area contributed by atoms with Gasteiger partial charge in [0, 0.05) is 33.1 Å². The molecule has 2 heterocycles. The van der Waals surface area contributed by atoms with Crippen LogP contribution in [0.4, 0.5) is 5.82 Å². The van der Waals surface area contributed by atoms with Gasteiger partial charge < -0.3 is 9.80 Å². The number of hydrogen-bond donors (Lipinski definition) is 0. The topological polar surface area (TPSA) is 49.3 Å². The van der Waals surface area contributed by atoms with Crippen molar-refractivity contribution in [2.45, 2.75) is 27.2 Å². The van der Waals surface area contributed by atoms with Crippen molar-refractivity contribution < 1.29 is 4.79 Å². The second-order valence-corrected chi connectivity index (χ2v) is 4.82. The van der Waals surface area contributed by atoms with E-state index < -0.39 is 0 Å². The molecule has 18 heavy (non-hydrogen) atoms. The van der Waals surface area contributed by atoms with Crippen LogP contribution in [0.3, 0.4) is 0 Å². The Balaban J connectivity index is 2.15. The van der Waals surface area contributed by atoms with Gasteiger partial charge in [0.05, 0.1) is 6.20 Å². The van der Waals surface area contributed by atoms with Crippen LogP contribution in [0.1, 0.15) is 24.5 Å². The highest BCUT2D eigenvalue weighted by molar-refractivity contribution is 5.73. The molecule has 98 valence electrons. The Kier molecular flexibility index (Phi) is 3.79. The van der Waals surface area contributed by atoms with E-state index in [4.69, 9.17) is 0 Å². The molecule has 0 spiro atoms. The lowest BCUT2D eigenvalue weighted by Crippen LogP contribution is -2.34. The Morgan fingerprint density at radius 3 is 2.72 bits per heavy atom. The molecule has 0 bridgehead atoms. The normalized spacial score (nSPS) is 16.6. The smallest absolute Gasteiger partial charge is 0.219 e. The summed E-state index contributed by atoms with van der Waals surface area (Å²) in [5.41, 5.74) is 2.34. The maximum absolute atomic E-state index is 11.4. The van der Waals surface area contributed by atoms with Crippen molar-refractivity contribution in [3.05, 3.63) is 17.3 Å². The largest absolute Gasteiger partial charge is 0.353 e. The number of aryl methyl sites for hydroxylation is 1. The van der Waals surface area contributed by atoms with Crippen LogP contribution in [0.15, 0.2) is 6.20 Å². The predicted octanol–water partition coefficient (Wildman–Crippen LogP) is 1.15. The summed E-state index contributed by atoms with van der Waals surface area (Å²) >= 11 is 0. The zero-order chi connectivity index (χ0) is 13.1. The highest BCUT2D eigenvalue weighted by atomic mass is 16.2. The first-order valence-electron chi connectivity index (χ1n) is 6.39. The Bertz CT molecular complexity index is 447. The molecule has 0 radical (unpaired) electrons. The lowest BCUT2D eigenvalue weighted by atomic mass is 10.2. The Hall–Kier alpha value is -1.65. The standard InChI is InChI=1S/C13H20N4O/c1-10-9-14-15-13(11(10)2)17-6-4-5-16(7-8-17)12(3)18/h9H,4-8H2,1-3H3. The molecule has 0 aliphatic carbocycles. The molecular formula is C13H20N4O. The molecule has 1 aliphatic heterocycles. The second kappa shape index (κ2) is 5.33. The van der Waals surface area contributed by atoms with E-state index >= 15 is 0 Å². The molecule has 1 aliphatic rings. The molecule has 0 N–H and O–H groups in total. The first-order chi connectivity index (χ1) is 8.59. The quantitative estimate of drug-likeness (QED) is 0.748. The number of amides is 1. The number of rotatable bonds is 1. The molecule has 0 atom stereocenters. The van der Waals surface area contributed by atoms with E-state index in [1.165, 1.54) is 5.56 Å². The summed E-state index contributed by atoms with van der Waals surface area (Å²) in [4.78, 5) is 15.5. The monoisotopic (exact) mass is 248 g/mol. The average Bonchev–Trinajstić information content (AvgIpc) is 2.58. The van der Waals surface area contributed by atoms with Gasteiger partial charge >= 0.3 is 0 Å². The summed E-state index contributed by atoms with van der Waals surface area (Å²) in [5.74, 6) is 1.12. The molecule has 1 aromatic rings. The van der Waals surface area contributed by atoms with E-state index in [0.29, 0.717) is 0 Å². The molecule has 1 fully saturated rings. The van der Waals surface area contributed by atoms with Crippen LogP contribution in [0.5, 0.6) is 0 Å². The molecular weight excluding hydrogens is 228 g/mol. The first-order valence-corrected chi connectivity index (χ1v) is 6.39. The zero-order valence-electron chi connectivity index (χ0n) is 11.3. The van der Waals surface area contributed by atoms with E-state index in [2.05, 4.69) is 22.0 Å². The first kappa shape index (κ1) is 12.8. The summed E-state index contributed by atoms with van der Waals surface area (Å²) in [6, 6.07) is 0. The van der Waals surface area contributed by atoms with Crippen LogP contribution in [0.25, 0.3) is 0 Å². The Morgan fingerprint density at radius 1 is 1.22 bits per heavy atom. The fourth-order valence-corrected chi connectivity index (χ4v) is 2.26. The fraction of sp³-hybridized carbons (Fsp3) is 0.615. The Morgan fingerprint density at radius 2 is 2.00 bits per heavy atom. The molecule has 5 heteroatoms. The van der Waals surface area contributed by atoms with Crippen molar-refractivity contribution in [2.24, 2.45) is 0 Å². The summed E-state index contributed by atoms with van der Waals surface area (Å²) in [6.45, 7) is 9.13. The van der Waals surface area contributed by atoms with Gasteiger partial charge in [0.15, 0.2) is 5.82 Å². The summed E-state index contributed by atoms with van der Waals surface area (Å²) in [5, 5.41) is 8.28. The van der Waals surface area contributed by atoms with Crippen LogP contribution in [-0.4, -0.2) is 47.2 Å². The van der Waals surface area contributed by atoms with Gasteiger partial charge in [0.2, 0.25) is 5.91 Å². The number of aromatic nitrogens is 2. The van der Waals surface area contributed by atoms with E-state index in [1.807, 2.05) is 11.8 Å². The third-order valence-electron chi connectivity index (χ3n) is 3.57. The van der Waals surface area contributed by atoms with Crippen LogP contribution < -0.4 is 4.90 Å². The molecule has 2 rings (SSSR count). The maximum atomic E-state index is 11.4. The molecule has 5 nitrogen and oxygen atoms in total. The minimum Gasteiger partial charge on any atom is -0.353 e. The van der Waals surface area contributed by atoms with Crippen molar-refractivity contribution in [1.29, 1.82) is 0 Å². The molecule has 1 saturated heterocycles. The predicted molar refractivity (Wildman–Crippen MR) is 70.6 cm³/mol. The van der Waals surface area contributed by atoms with Crippen LogP contribution in [-0.2, 0) is 4.79 Å². The van der Waals surface area contributed by atoms with Crippen LogP contribution in [0.2, 0.25) is 0 Å². The van der Waals surface area contributed by atoms with Crippen molar-refractivity contribution in [3.63, 3.8) is 0 Å². The third-order valence-corrected chi connectivity index (χ3v) is 3.57. The highest BCUT2D eigenvalue weighted by Crippen LogP contribution is 2.20. The van der Waals surface area contributed by atoms with Crippen LogP contribution >= 0.6 is 0 Å². The minimum atomic E-state index is 0.156. The van der Waals surface area contributed by atoms with Crippen molar-refractivity contribution in [3.8, 4) is 0 Å². The fourth-order valence-electron chi connectivity index (χ4n) is 2.26. The third kappa shape index (κ3) is 2.60. The van der Waals surface area contributed by atoms with E-state index in [-0.39, 0.29) is 5.91 Å². The highest BCUT2D eigenvalue weighted by Gasteiger charge is 2.19. The zero-order valence-corrected chi connectivity index (χ0v) is 11.3. The minimum absolute atomic E-state index is 0.156. The van der Waals surface area contributed by atoms with E-state index in [0.717, 1.165) is 44.0 Å². The lowest BCUT2D eigenvalue weighted by molar-refractivity contribution is -0.128. The van der Waals surface area contributed by atoms with Gasteiger partial charge in [-0.3, -0.25) is 4.79 Å². The van der Waals surface area contributed by atoms with Crippen LogP contribution in [0, 0.1) is 13.8 Å². The van der Waals surface area contributed by atoms with Gasteiger partial charge in [-0.25, -0.2) is 0 Å². The SMILES string of the molecule is CC(=O)N1CCCN(c2nncc(C)c2C)CC1. The summed E-state index contributed by atoms with van der Waals surface area (Å²) < 4.78 is 0. The maximum Gasteiger partial charge on any atom is 0.219 e. The lowest BCUT2D eigenvalue weighted by Gasteiger charge is -2.23. The van der Waals surface area contributed by atoms with Crippen molar-refractivity contribution in [2.75, 3.05) is 31.1 Å². The molecule has 0 unspecified atom stereocenters. The van der Waals surface area contributed by atoms with Crippen molar-refractivity contribution >= 4 is 11.7 Å². The number of carbonyl (C=O) groups excluding carboxylic acids is 1. The van der Waals surface area contributed by atoms with Gasteiger partial charge in [-0.1, -0.05) is 0 Å². The molecule has 1 amide bonds. The van der Waals surface area contributed by atoms with E-state index in [1.54, 1.807) is 13.1 Å². The van der Waals surface area contributed by atoms with Gasteiger partial charge in [0.25, 0.3) is 0 Å². The Labute approximate surface area is 108 Å². The van der Waals surface area contributed by atoms with Gasteiger partial charge in [-0.05, 0) is 31.4 Å². The van der Waals surface area contributed by atoms with Crippen molar-refractivity contribution in [1.82, 2.24) is 15.1 Å².